The van der Waals surface area contributed by atoms with Gasteiger partial charge in [0.05, 0.1) is 11.6 Å². The first-order chi connectivity index (χ1) is 11.6. The van der Waals surface area contributed by atoms with Crippen molar-refractivity contribution in [2.45, 2.75) is 25.7 Å². The summed E-state index contributed by atoms with van der Waals surface area (Å²) in [5.74, 6) is -0.648. The van der Waals surface area contributed by atoms with Crippen molar-refractivity contribution in [2.75, 3.05) is 0 Å². The molecule has 0 bridgehead atoms. The van der Waals surface area contributed by atoms with Crippen molar-refractivity contribution in [3.8, 4) is 0 Å². The fourth-order valence-corrected chi connectivity index (χ4v) is 2.74. The van der Waals surface area contributed by atoms with E-state index < -0.39 is 40.8 Å². The fraction of sp³-hybridized carbons (Fsp3) is 0.250. The summed E-state index contributed by atoms with van der Waals surface area (Å²) in [4.78, 5) is 23.9. The van der Waals surface area contributed by atoms with Gasteiger partial charge in [0.2, 0.25) is 5.91 Å². The van der Waals surface area contributed by atoms with Gasteiger partial charge in [-0.1, -0.05) is 41.4 Å². The molecule has 0 aliphatic heterocycles. The number of benzene rings is 1. The Balaban J connectivity index is 2.19. The van der Waals surface area contributed by atoms with Crippen LogP contribution in [0.15, 0.2) is 41.3 Å². The number of carbonyl (C=O) groups is 1. The average Bonchev–Trinajstić information content (AvgIpc) is 2.50. The highest BCUT2D eigenvalue weighted by molar-refractivity contribution is 6.31. The highest BCUT2D eigenvalue weighted by atomic mass is 35.5. The summed E-state index contributed by atoms with van der Waals surface area (Å²) in [6, 6.07) is 6.87. The number of alkyl halides is 3. The van der Waals surface area contributed by atoms with E-state index in [0.717, 1.165) is 0 Å². The number of carbonyl (C=O) groups excluding carboxylic acids is 1. The molecular weight excluding hydrogens is 380 g/mol. The van der Waals surface area contributed by atoms with Crippen LogP contribution in [0.1, 0.15) is 24.1 Å². The fourth-order valence-electron chi connectivity index (χ4n) is 2.22. The molecule has 1 aromatic carbocycles. The smallest absolute Gasteiger partial charge is 0.348 e. The summed E-state index contributed by atoms with van der Waals surface area (Å²) in [5, 5.41) is 2.41. The van der Waals surface area contributed by atoms with Crippen molar-refractivity contribution < 1.29 is 18.0 Å². The number of hydrogen-bond acceptors (Lipinski definition) is 2. The van der Waals surface area contributed by atoms with Crippen LogP contribution in [-0.4, -0.2) is 10.5 Å². The van der Waals surface area contributed by atoms with Gasteiger partial charge in [0.1, 0.15) is 11.6 Å². The minimum Gasteiger partial charge on any atom is -0.348 e. The molecule has 0 radical (unpaired) electrons. The van der Waals surface area contributed by atoms with Gasteiger partial charge in [0.25, 0.3) is 5.56 Å². The third-order valence-electron chi connectivity index (χ3n) is 3.43. The van der Waals surface area contributed by atoms with E-state index in [2.05, 4.69) is 5.32 Å². The van der Waals surface area contributed by atoms with Gasteiger partial charge in [0.15, 0.2) is 0 Å². The molecule has 134 valence electrons. The highest BCUT2D eigenvalue weighted by Crippen LogP contribution is 2.29. The summed E-state index contributed by atoms with van der Waals surface area (Å²) in [6.07, 6.45) is -4.12. The Bertz CT molecular complexity index is 850. The van der Waals surface area contributed by atoms with E-state index in [9.17, 15) is 22.8 Å². The van der Waals surface area contributed by atoms with Gasteiger partial charge in [-0.3, -0.25) is 9.59 Å². The predicted octanol–water partition coefficient (Wildman–Crippen LogP) is 4.05. The number of nitrogens with zero attached hydrogens (tertiary/aromatic N) is 1. The third kappa shape index (κ3) is 4.76. The number of hydrogen-bond donors (Lipinski definition) is 1. The summed E-state index contributed by atoms with van der Waals surface area (Å²) in [6.45, 7) is 1.07. The first-order valence-electron chi connectivity index (χ1n) is 7.10. The molecule has 1 heterocycles. The monoisotopic (exact) mass is 392 g/mol. The van der Waals surface area contributed by atoms with Crippen LogP contribution in [0.3, 0.4) is 0 Å². The topological polar surface area (TPSA) is 51.1 Å². The molecule has 0 unspecified atom stereocenters. The van der Waals surface area contributed by atoms with Gasteiger partial charge in [0, 0.05) is 11.2 Å². The molecule has 0 spiro atoms. The van der Waals surface area contributed by atoms with Crippen LogP contribution < -0.4 is 10.9 Å². The van der Waals surface area contributed by atoms with Crippen LogP contribution in [0, 0.1) is 0 Å². The maximum absolute atomic E-state index is 12.8. The Morgan fingerprint density at radius 3 is 2.48 bits per heavy atom. The minimum atomic E-state index is -4.68. The quantitative estimate of drug-likeness (QED) is 0.852. The van der Waals surface area contributed by atoms with E-state index in [1.807, 2.05) is 0 Å². The Kier molecular flexibility index (Phi) is 5.80. The van der Waals surface area contributed by atoms with Gasteiger partial charge in [-0.25, -0.2) is 0 Å². The van der Waals surface area contributed by atoms with Gasteiger partial charge in [-0.15, -0.1) is 0 Å². The predicted molar refractivity (Wildman–Crippen MR) is 88.7 cm³/mol. The highest BCUT2D eigenvalue weighted by Gasteiger charge is 2.32. The van der Waals surface area contributed by atoms with E-state index >= 15 is 0 Å². The molecule has 0 aliphatic carbocycles. The largest absolute Gasteiger partial charge is 0.417 e. The van der Waals surface area contributed by atoms with Crippen LogP contribution in [0.2, 0.25) is 10.0 Å². The molecule has 2 rings (SSSR count). The summed E-state index contributed by atoms with van der Waals surface area (Å²) in [5.41, 5.74) is -1.34. The molecule has 0 saturated heterocycles. The molecule has 1 aromatic heterocycles. The van der Waals surface area contributed by atoms with Crippen LogP contribution in [0.5, 0.6) is 0 Å². The van der Waals surface area contributed by atoms with E-state index in [1.54, 1.807) is 31.2 Å². The number of aromatic nitrogens is 1. The zero-order valence-electron chi connectivity index (χ0n) is 12.9. The summed E-state index contributed by atoms with van der Waals surface area (Å²) < 4.78 is 39.0. The van der Waals surface area contributed by atoms with Crippen molar-refractivity contribution in [3.05, 3.63) is 68.1 Å². The molecule has 0 fully saturated rings. The Hall–Kier alpha value is -1.99. The number of halogens is 5. The van der Waals surface area contributed by atoms with Crippen molar-refractivity contribution in [3.63, 3.8) is 0 Å². The summed E-state index contributed by atoms with van der Waals surface area (Å²) >= 11 is 11.6. The average molecular weight is 393 g/mol. The van der Waals surface area contributed by atoms with Gasteiger partial charge in [-0.2, -0.15) is 13.2 Å². The van der Waals surface area contributed by atoms with E-state index in [0.29, 0.717) is 27.4 Å². The number of rotatable bonds is 4. The van der Waals surface area contributed by atoms with Gasteiger partial charge >= 0.3 is 6.18 Å². The first kappa shape index (κ1) is 19.3. The van der Waals surface area contributed by atoms with Crippen LogP contribution >= 0.6 is 23.2 Å². The lowest BCUT2D eigenvalue weighted by Gasteiger charge is -2.17. The van der Waals surface area contributed by atoms with Gasteiger partial charge < -0.3 is 9.88 Å². The molecule has 1 amide bonds. The molecular formula is C16H13Cl2F3N2O2. The molecule has 0 saturated carbocycles. The third-order valence-corrected chi connectivity index (χ3v) is 4.05. The number of nitrogens with one attached hydrogen (secondary N) is 1. The molecule has 1 N–H and O–H groups in total. The molecule has 1 atom stereocenters. The lowest BCUT2D eigenvalue weighted by Crippen LogP contribution is -2.34. The Morgan fingerprint density at radius 1 is 1.24 bits per heavy atom. The summed E-state index contributed by atoms with van der Waals surface area (Å²) in [7, 11) is 0. The maximum atomic E-state index is 12.8. The van der Waals surface area contributed by atoms with E-state index in [4.69, 9.17) is 23.2 Å². The molecule has 9 heteroatoms. The first-order valence-corrected chi connectivity index (χ1v) is 7.86. The Morgan fingerprint density at radius 2 is 1.88 bits per heavy atom. The van der Waals surface area contributed by atoms with Crippen LogP contribution in [-0.2, 0) is 17.5 Å². The molecule has 2 aromatic rings. The zero-order chi connectivity index (χ0) is 18.8. The maximum Gasteiger partial charge on any atom is 0.417 e. The second kappa shape index (κ2) is 7.49. The second-order valence-electron chi connectivity index (χ2n) is 5.32. The van der Waals surface area contributed by atoms with Crippen molar-refractivity contribution in [1.29, 1.82) is 0 Å². The minimum absolute atomic E-state index is 0.439. The van der Waals surface area contributed by atoms with Crippen molar-refractivity contribution in [2.24, 2.45) is 0 Å². The van der Waals surface area contributed by atoms with Gasteiger partial charge in [-0.05, 0) is 24.6 Å². The standard InChI is InChI=1S/C16H13Cl2F3N2O2/c1-9(11-4-2-3-5-12(11)17)22-14(24)8-23-7-10(16(19,20)21)6-13(18)15(23)25/h2-7,9H,8H2,1H3,(H,22,24)/t9-/m1/s1. The van der Waals surface area contributed by atoms with Crippen molar-refractivity contribution >= 4 is 29.1 Å². The van der Waals surface area contributed by atoms with E-state index in [1.165, 1.54) is 0 Å². The molecule has 4 nitrogen and oxygen atoms in total. The number of amides is 1. The second-order valence-corrected chi connectivity index (χ2v) is 6.13. The van der Waals surface area contributed by atoms with Crippen molar-refractivity contribution in [1.82, 2.24) is 9.88 Å². The lowest BCUT2D eigenvalue weighted by atomic mass is 10.1. The SMILES string of the molecule is C[C@@H](NC(=O)Cn1cc(C(F)(F)F)cc(Cl)c1=O)c1ccccc1Cl. The van der Waals surface area contributed by atoms with E-state index in [-0.39, 0.29) is 0 Å². The normalized spacial score (nSPS) is 12.7. The van der Waals surface area contributed by atoms with Crippen LogP contribution in [0.25, 0.3) is 0 Å². The number of pyridine rings is 1. The molecule has 25 heavy (non-hydrogen) atoms. The lowest BCUT2D eigenvalue weighted by molar-refractivity contribution is -0.138. The Labute approximate surface area is 151 Å². The van der Waals surface area contributed by atoms with Crippen LogP contribution in [0.4, 0.5) is 13.2 Å². The zero-order valence-corrected chi connectivity index (χ0v) is 14.4. The molecule has 0 aliphatic rings.